The Hall–Kier alpha value is -0.960. The molecule has 15 heavy (non-hydrogen) atoms. The highest BCUT2D eigenvalue weighted by atomic mass is 35.5. The summed E-state index contributed by atoms with van der Waals surface area (Å²) < 4.78 is 18.3. The zero-order chi connectivity index (χ0) is 11.3. The molecule has 84 valence electrons. The molecule has 2 N–H and O–H groups in total. The van der Waals surface area contributed by atoms with Crippen molar-refractivity contribution in [2.45, 2.75) is 26.2 Å². The molecule has 0 aliphatic heterocycles. The second-order valence-electron chi connectivity index (χ2n) is 3.36. The Labute approximate surface area is 94.2 Å². The maximum absolute atomic E-state index is 12.9. The predicted molar refractivity (Wildman–Crippen MR) is 60.8 cm³/mol. The van der Waals surface area contributed by atoms with E-state index in [1.54, 1.807) is 0 Å². The molecule has 0 unspecified atom stereocenters. The molecule has 0 radical (unpaired) electrons. The molecule has 0 heterocycles. The van der Waals surface area contributed by atoms with Crippen LogP contribution in [0.25, 0.3) is 0 Å². The van der Waals surface area contributed by atoms with E-state index in [-0.39, 0.29) is 10.7 Å². The molecule has 1 rings (SSSR count). The van der Waals surface area contributed by atoms with Crippen LogP contribution in [0.3, 0.4) is 0 Å². The third kappa shape index (κ3) is 3.59. The van der Waals surface area contributed by atoms with Crippen LogP contribution in [0.1, 0.15) is 26.2 Å². The van der Waals surface area contributed by atoms with E-state index in [4.69, 9.17) is 22.1 Å². The van der Waals surface area contributed by atoms with Gasteiger partial charge in [-0.2, -0.15) is 0 Å². The number of nitrogen functional groups attached to an aromatic ring is 1. The van der Waals surface area contributed by atoms with E-state index in [1.807, 2.05) is 0 Å². The van der Waals surface area contributed by atoms with Gasteiger partial charge >= 0.3 is 0 Å². The Morgan fingerprint density at radius 1 is 1.40 bits per heavy atom. The van der Waals surface area contributed by atoms with Gasteiger partial charge in [0.2, 0.25) is 0 Å². The van der Waals surface area contributed by atoms with E-state index in [0.717, 1.165) is 19.3 Å². The van der Waals surface area contributed by atoms with Crippen LogP contribution in [0.5, 0.6) is 5.75 Å². The van der Waals surface area contributed by atoms with Crippen LogP contribution in [-0.2, 0) is 0 Å². The molecular weight excluding hydrogens is 217 g/mol. The molecule has 0 saturated carbocycles. The topological polar surface area (TPSA) is 35.2 Å². The Balaban J connectivity index is 2.57. The van der Waals surface area contributed by atoms with E-state index in [1.165, 1.54) is 12.1 Å². The molecule has 0 aromatic heterocycles. The van der Waals surface area contributed by atoms with Crippen molar-refractivity contribution in [2.24, 2.45) is 0 Å². The van der Waals surface area contributed by atoms with Crippen molar-refractivity contribution in [3.8, 4) is 5.75 Å². The molecule has 1 aromatic rings. The fourth-order valence-electron chi connectivity index (χ4n) is 1.20. The first-order valence-electron chi connectivity index (χ1n) is 5.02. The normalized spacial score (nSPS) is 10.3. The van der Waals surface area contributed by atoms with Crippen molar-refractivity contribution in [3.05, 3.63) is 23.0 Å². The van der Waals surface area contributed by atoms with Crippen LogP contribution < -0.4 is 10.5 Å². The van der Waals surface area contributed by atoms with E-state index in [2.05, 4.69) is 6.92 Å². The standard InChI is InChI=1S/C11H15ClFNO/c1-2-3-4-5-15-11-6-8(12)9(13)7-10(11)14/h6-7H,2-5,14H2,1H3. The van der Waals surface area contributed by atoms with Gasteiger partial charge in [-0.15, -0.1) is 0 Å². The van der Waals surface area contributed by atoms with Gasteiger partial charge in [0.05, 0.1) is 17.3 Å². The number of hydrogen-bond donors (Lipinski definition) is 1. The third-order valence-corrected chi connectivity index (χ3v) is 2.35. The number of halogens is 2. The first-order chi connectivity index (χ1) is 7.15. The lowest BCUT2D eigenvalue weighted by Gasteiger charge is -2.09. The average molecular weight is 232 g/mol. The van der Waals surface area contributed by atoms with E-state index in [0.29, 0.717) is 12.4 Å². The summed E-state index contributed by atoms with van der Waals surface area (Å²) in [5, 5.41) is 0.0368. The minimum atomic E-state index is -0.518. The first-order valence-corrected chi connectivity index (χ1v) is 5.40. The lowest BCUT2D eigenvalue weighted by molar-refractivity contribution is 0.307. The summed E-state index contributed by atoms with van der Waals surface area (Å²) in [5.74, 6) is -0.0624. The molecular formula is C11H15ClFNO. The molecule has 0 aliphatic rings. The van der Waals surface area contributed by atoms with Gasteiger partial charge in [-0.1, -0.05) is 31.4 Å². The minimum Gasteiger partial charge on any atom is -0.491 e. The van der Waals surface area contributed by atoms with Crippen molar-refractivity contribution in [1.82, 2.24) is 0 Å². The number of rotatable bonds is 5. The largest absolute Gasteiger partial charge is 0.491 e. The van der Waals surface area contributed by atoms with Gasteiger partial charge in [-0.3, -0.25) is 0 Å². The summed E-state index contributed by atoms with van der Waals surface area (Å²) in [6, 6.07) is 2.59. The number of anilines is 1. The highest BCUT2D eigenvalue weighted by Gasteiger charge is 2.06. The molecule has 0 aliphatic carbocycles. The third-order valence-electron chi connectivity index (χ3n) is 2.06. The zero-order valence-electron chi connectivity index (χ0n) is 8.72. The summed E-state index contributed by atoms with van der Waals surface area (Å²) >= 11 is 5.62. The summed E-state index contributed by atoms with van der Waals surface area (Å²) in [6.45, 7) is 2.70. The SMILES string of the molecule is CCCCCOc1cc(Cl)c(F)cc1N. The second-order valence-corrected chi connectivity index (χ2v) is 3.77. The molecule has 1 aromatic carbocycles. The fraction of sp³-hybridized carbons (Fsp3) is 0.455. The minimum absolute atomic E-state index is 0.0368. The predicted octanol–water partition coefficient (Wildman–Crippen LogP) is 3.63. The van der Waals surface area contributed by atoms with E-state index < -0.39 is 5.82 Å². The van der Waals surface area contributed by atoms with Crippen molar-refractivity contribution in [1.29, 1.82) is 0 Å². The van der Waals surface area contributed by atoms with Crippen LogP contribution in [0.4, 0.5) is 10.1 Å². The summed E-state index contributed by atoms with van der Waals surface area (Å²) in [4.78, 5) is 0. The maximum Gasteiger partial charge on any atom is 0.144 e. The molecule has 0 amide bonds. The van der Waals surface area contributed by atoms with Crippen LogP contribution in [0.15, 0.2) is 12.1 Å². The van der Waals surface area contributed by atoms with Gasteiger partial charge in [-0.25, -0.2) is 4.39 Å². The molecule has 0 saturated heterocycles. The van der Waals surface area contributed by atoms with Gasteiger partial charge in [0.25, 0.3) is 0 Å². The Morgan fingerprint density at radius 2 is 2.13 bits per heavy atom. The second kappa shape index (κ2) is 5.81. The molecule has 0 bridgehead atoms. The first kappa shape index (κ1) is 12.1. The fourth-order valence-corrected chi connectivity index (χ4v) is 1.36. The van der Waals surface area contributed by atoms with Gasteiger partial charge < -0.3 is 10.5 Å². The highest BCUT2D eigenvalue weighted by Crippen LogP contribution is 2.28. The number of nitrogens with two attached hydrogens (primary N) is 1. The van der Waals surface area contributed by atoms with Gasteiger partial charge in [0.1, 0.15) is 11.6 Å². The molecule has 0 fully saturated rings. The monoisotopic (exact) mass is 231 g/mol. The Kier molecular flexibility index (Phi) is 4.69. The zero-order valence-corrected chi connectivity index (χ0v) is 9.48. The lowest BCUT2D eigenvalue weighted by Crippen LogP contribution is -2.01. The van der Waals surface area contributed by atoms with Gasteiger partial charge in [-0.05, 0) is 6.42 Å². The van der Waals surface area contributed by atoms with Crippen LogP contribution >= 0.6 is 11.6 Å². The van der Waals surface area contributed by atoms with Crippen molar-refractivity contribution in [2.75, 3.05) is 12.3 Å². The summed E-state index contributed by atoms with van der Waals surface area (Å²) in [6.07, 6.45) is 3.20. The Morgan fingerprint density at radius 3 is 2.80 bits per heavy atom. The van der Waals surface area contributed by atoms with Crippen molar-refractivity contribution >= 4 is 17.3 Å². The van der Waals surface area contributed by atoms with Crippen LogP contribution in [0, 0.1) is 5.82 Å². The smallest absolute Gasteiger partial charge is 0.144 e. The van der Waals surface area contributed by atoms with Crippen LogP contribution in [0.2, 0.25) is 5.02 Å². The maximum atomic E-state index is 12.9. The van der Waals surface area contributed by atoms with Crippen molar-refractivity contribution in [3.63, 3.8) is 0 Å². The van der Waals surface area contributed by atoms with Gasteiger partial charge in [0.15, 0.2) is 0 Å². The number of hydrogen-bond acceptors (Lipinski definition) is 2. The summed E-state index contributed by atoms with van der Waals surface area (Å²) in [7, 11) is 0. The lowest BCUT2D eigenvalue weighted by atomic mass is 10.2. The van der Waals surface area contributed by atoms with E-state index >= 15 is 0 Å². The number of ether oxygens (including phenoxy) is 1. The van der Waals surface area contributed by atoms with Crippen LogP contribution in [-0.4, -0.2) is 6.61 Å². The quantitative estimate of drug-likeness (QED) is 0.620. The average Bonchev–Trinajstić information content (AvgIpc) is 2.20. The molecule has 0 atom stereocenters. The highest BCUT2D eigenvalue weighted by molar-refractivity contribution is 6.31. The van der Waals surface area contributed by atoms with Crippen molar-refractivity contribution < 1.29 is 9.13 Å². The Bertz CT molecular complexity index is 331. The molecule has 4 heteroatoms. The molecule has 2 nitrogen and oxygen atoms in total. The number of benzene rings is 1. The molecule has 0 spiro atoms. The van der Waals surface area contributed by atoms with E-state index in [9.17, 15) is 4.39 Å². The number of unbranched alkanes of at least 4 members (excludes halogenated alkanes) is 2. The van der Waals surface area contributed by atoms with Gasteiger partial charge in [0, 0.05) is 12.1 Å². The summed E-state index contributed by atoms with van der Waals surface area (Å²) in [5.41, 5.74) is 5.87.